The smallest absolute Gasteiger partial charge is 0.261 e. The first-order valence-electron chi connectivity index (χ1n) is 6.12. The number of sulfonamides is 1. The lowest BCUT2D eigenvalue weighted by Gasteiger charge is -2.11. The van der Waals surface area contributed by atoms with Crippen LogP contribution < -0.4 is 4.72 Å². The summed E-state index contributed by atoms with van der Waals surface area (Å²) in [6.45, 7) is 3.95. The molecule has 0 saturated carbocycles. The molecule has 20 heavy (non-hydrogen) atoms. The van der Waals surface area contributed by atoms with Crippen molar-refractivity contribution < 1.29 is 12.8 Å². The van der Waals surface area contributed by atoms with Crippen LogP contribution in [0.25, 0.3) is 0 Å². The molecule has 0 atom stereocenters. The van der Waals surface area contributed by atoms with E-state index in [1.54, 1.807) is 12.1 Å². The van der Waals surface area contributed by atoms with Crippen molar-refractivity contribution in [3.63, 3.8) is 0 Å². The van der Waals surface area contributed by atoms with Crippen LogP contribution in [0.5, 0.6) is 0 Å². The number of anilines is 1. The van der Waals surface area contributed by atoms with Crippen LogP contribution in [0.3, 0.4) is 0 Å². The second-order valence-electron chi connectivity index (χ2n) is 4.69. The Morgan fingerprint density at radius 3 is 2.65 bits per heavy atom. The van der Waals surface area contributed by atoms with E-state index in [1.165, 1.54) is 18.3 Å². The van der Waals surface area contributed by atoms with Gasteiger partial charge in [0.1, 0.15) is 0 Å². The number of benzene rings is 1. The van der Waals surface area contributed by atoms with Crippen molar-refractivity contribution in [2.75, 3.05) is 4.72 Å². The van der Waals surface area contributed by atoms with E-state index in [0.29, 0.717) is 0 Å². The number of aromatic nitrogens is 1. The van der Waals surface area contributed by atoms with Gasteiger partial charge in [0, 0.05) is 6.20 Å². The lowest BCUT2D eigenvalue weighted by atomic mass is 10.0. The first-order valence-corrected chi connectivity index (χ1v) is 7.61. The first-order chi connectivity index (χ1) is 9.40. The Labute approximate surface area is 117 Å². The second-order valence-corrected chi connectivity index (χ2v) is 6.37. The number of halogens is 1. The molecule has 1 N–H and O–H groups in total. The zero-order chi connectivity index (χ0) is 14.8. The molecular weight excluding hydrogens is 279 g/mol. The molecule has 0 aliphatic carbocycles. The summed E-state index contributed by atoms with van der Waals surface area (Å²) >= 11 is 0. The van der Waals surface area contributed by atoms with Crippen molar-refractivity contribution in [2.45, 2.75) is 24.7 Å². The summed E-state index contributed by atoms with van der Waals surface area (Å²) in [5.74, 6) is -0.501. The lowest BCUT2D eigenvalue weighted by molar-refractivity contribution is 0.597. The molecule has 6 heteroatoms. The first kappa shape index (κ1) is 14.5. The molecule has 0 radical (unpaired) electrons. The predicted molar refractivity (Wildman–Crippen MR) is 75.5 cm³/mol. The molecular formula is C14H15FN2O2S. The van der Waals surface area contributed by atoms with Crippen LogP contribution in [0.2, 0.25) is 0 Å². The fourth-order valence-corrected chi connectivity index (χ4v) is 2.82. The quantitative estimate of drug-likeness (QED) is 0.942. The maximum Gasteiger partial charge on any atom is 0.261 e. The summed E-state index contributed by atoms with van der Waals surface area (Å²) in [6, 6.07) is 7.88. The largest absolute Gasteiger partial charge is 0.277 e. The van der Waals surface area contributed by atoms with E-state index in [-0.39, 0.29) is 16.5 Å². The van der Waals surface area contributed by atoms with Gasteiger partial charge in [-0.1, -0.05) is 26.0 Å². The molecule has 0 saturated heterocycles. The Morgan fingerprint density at radius 2 is 2.00 bits per heavy atom. The molecule has 0 amide bonds. The molecule has 0 unspecified atom stereocenters. The van der Waals surface area contributed by atoms with Gasteiger partial charge in [0.2, 0.25) is 0 Å². The van der Waals surface area contributed by atoms with Gasteiger partial charge in [0.15, 0.2) is 5.82 Å². The molecule has 0 fully saturated rings. The number of pyridine rings is 1. The summed E-state index contributed by atoms with van der Waals surface area (Å²) in [4.78, 5) is 3.69. The van der Waals surface area contributed by atoms with E-state index in [9.17, 15) is 12.8 Å². The van der Waals surface area contributed by atoms with Gasteiger partial charge in [0.25, 0.3) is 10.0 Å². The van der Waals surface area contributed by atoms with Gasteiger partial charge in [-0.3, -0.25) is 9.71 Å². The zero-order valence-corrected chi connectivity index (χ0v) is 12.0. The van der Waals surface area contributed by atoms with Crippen molar-refractivity contribution in [3.8, 4) is 0 Å². The maximum atomic E-state index is 13.5. The summed E-state index contributed by atoms with van der Waals surface area (Å²) in [6.07, 6.45) is 2.29. The number of nitrogens with one attached hydrogen (secondary N) is 1. The van der Waals surface area contributed by atoms with Crippen molar-refractivity contribution in [2.24, 2.45) is 0 Å². The number of rotatable bonds is 4. The molecule has 0 aliphatic rings. The van der Waals surface area contributed by atoms with Crippen LogP contribution in [-0.2, 0) is 10.0 Å². The molecule has 2 aromatic rings. The molecule has 106 valence electrons. The Hall–Kier alpha value is -1.95. The Bertz CT molecular complexity index is 715. The topological polar surface area (TPSA) is 59.1 Å². The number of hydrogen-bond acceptors (Lipinski definition) is 3. The Balaban J connectivity index is 2.36. The van der Waals surface area contributed by atoms with E-state index in [4.69, 9.17) is 0 Å². The number of nitrogens with zero attached hydrogens (tertiary/aromatic N) is 1. The number of hydrogen-bond donors (Lipinski definition) is 1. The minimum absolute atomic E-state index is 0.111. The van der Waals surface area contributed by atoms with Crippen LogP contribution in [0.1, 0.15) is 25.3 Å². The average molecular weight is 294 g/mol. The average Bonchev–Trinajstić information content (AvgIpc) is 2.41. The molecule has 0 aliphatic heterocycles. The van der Waals surface area contributed by atoms with E-state index < -0.39 is 15.8 Å². The zero-order valence-electron chi connectivity index (χ0n) is 11.2. The summed E-state index contributed by atoms with van der Waals surface area (Å²) in [7, 11) is -3.81. The molecule has 1 aromatic carbocycles. The van der Waals surface area contributed by atoms with Crippen LogP contribution in [0.15, 0.2) is 47.6 Å². The van der Waals surface area contributed by atoms with Crippen LogP contribution >= 0.6 is 0 Å². The van der Waals surface area contributed by atoms with Gasteiger partial charge in [-0.2, -0.15) is 0 Å². The second kappa shape index (κ2) is 5.58. The molecule has 1 heterocycles. The van der Waals surface area contributed by atoms with E-state index in [2.05, 4.69) is 9.71 Å². The molecule has 1 aromatic heterocycles. The van der Waals surface area contributed by atoms with Gasteiger partial charge in [-0.05, 0) is 29.7 Å². The highest BCUT2D eigenvalue weighted by Crippen LogP contribution is 2.21. The Kier molecular flexibility index (Phi) is 4.04. The normalized spacial score (nSPS) is 11.6. The van der Waals surface area contributed by atoms with Gasteiger partial charge in [-0.25, -0.2) is 12.8 Å². The van der Waals surface area contributed by atoms with Crippen molar-refractivity contribution >= 4 is 15.7 Å². The fraction of sp³-hybridized carbons (Fsp3) is 0.214. The highest BCUT2D eigenvalue weighted by Gasteiger charge is 2.17. The van der Waals surface area contributed by atoms with E-state index >= 15 is 0 Å². The minimum Gasteiger partial charge on any atom is -0.277 e. The summed E-state index contributed by atoms with van der Waals surface area (Å²) in [5.41, 5.74) is 0.790. The minimum atomic E-state index is -3.81. The van der Waals surface area contributed by atoms with Crippen molar-refractivity contribution in [1.82, 2.24) is 4.98 Å². The highest BCUT2D eigenvalue weighted by atomic mass is 32.2. The van der Waals surface area contributed by atoms with Gasteiger partial charge in [0.05, 0.1) is 16.8 Å². The molecule has 2 rings (SSSR count). The van der Waals surface area contributed by atoms with Crippen LogP contribution in [-0.4, -0.2) is 13.4 Å². The van der Waals surface area contributed by atoms with E-state index in [0.717, 1.165) is 11.8 Å². The standard InChI is InChI=1S/C14H15FN2O2S/c1-10(2)11-4-3-5-12(8-11)20(18,19)17-14-6-7-16-9-13(14)15/h3-10H,1-2H3,(H,16,17). The third-order valence-corrected chi connectivity index (χ3v) is 4.22. The third kappa shape index (κ3) is 3.14. The monoisotopic (exact) mass is 294 g/mol. The highest BCUT2D eigenvalue weighted by molar-refractivity contribution is 7.92. The molecule has 0 bridgehead atoms. The van der Waals surface area contributed by atoms with Gasteiger partial charge >= 0.3 is 0 Å². The molecule has 4 nitrogen and oxygen atoms in total. The fourth-order valence-electron chi connectivity index (χ4n) is 1.70. The third-order valence-electron chi connectivity index (χ3n) is 2.85. The van der Waals surface area contributed by atoms with Crippen molar-refractivity contribution in [3.05, 3.63) is 54.1 Å². The van der Waals surface area contributed by atoms with Crippen LogP contribution in [0, 0.1) is 5.82 Å². The van der Waals surface area contributed by atoms with Crippen molar-refractivity contribution in [1.29, 1.82) is 0 Å². The van der Waals surface area contributed by atoms with Gasteiger partial charge in [-0.15, -0.1) is 0 Å². The maximum absolute atomic E-state index is 13.5. The van der Waals surface area contributed by atoms with Crippen LogP contribution in [0.4, 0.5) is 10.1 Å². The van der Waals surface area contributed by atoms with E-state index in [1.807, 2.05) is 19.9 Å². The SMILES string of the molecule is CC(C)c1cccc(S(=O)(=O)Nc2ccncc2F)c1. The summed E-state index contributed by atoms with van der Waals surface area (Å²) < 4.78 is 40.1. The molecule has 0 spiro atoms. The lowest BCUT2D eigenvalue weighted by Crippen LogP contribution is -2.14. The Morgan fingerprint density at radius 1 is 1.25 bits per heavy atom. The van der Waals surface area contributed by atoms with Gasteiger partial charge < -0.3 is 0 Å². The summed E-state index contributed by atoms with van der Waals surface area (Å²) in [5, 5.41) is 0. The predicted octanol–water partition coefficient (Wildman–Crippen LogP) is 3.14.